The molecule has 0 amide bonds. The largest absolute Gasteiger partial charge is 0.302 e. The average molecular weight is 235 g/mol. The number of aldehydes is 2. The van der Waals surface area contributed by atoms with Crippen LogP contribution in [0.25, 0.3) is 0 Å². The number of nitrogens with zero attached hydrogens (tertiary/aromatic N) is 1. The summed E-state index contributed by atoms with van der Waals surface area (Å²) in [4.78, 5) is 32.5. The van der Waals surface area contributed by atoms with E-state index in [0.29, 0.717) is 30.2 Å². The summed E-state index contributed by atoms with van der Waals surface area (Å²) in [5.74, 6) is 0.213. The van der Waals surface area contributed by atoms with Crippen LogP contribution in [0.1, 0.15) is 27.6 Å². The number of Topliss-reactive ketones (excluding diaryl/α,β-unsaturated/α-hetero) is 1. The predicted octanol–water partition coefficient (Wildman–Crippen LogP) is 1.45. The fraction of sp³-hybridized carbons (Fsp3) is 0.308. The first-order valence-corrected chi connectivity index (χ1v) is 5.14. The van der Waals surface area contributed by atoms with Gasteiger partial charge in [0, 0.05) is 11.1 Å². The molecule has 0 fully saturated rings. The highest BCUT2D eigenvalue weighted by Crippen LogP contribution is 2.01. The van der Waals surface area contributed by atoms with Gasteiger partial charge in [0.1, 0.15) is 5.78 Å². The summed E-state index contributed by atoms with van der Waals surface area (Å²) in [5.41, 5.74) is 0.884. The second kappa shape index (κ2) is 8.35. The van der Waals surface area contributed by atoms with Gasteiger partial charge in [-0.25, -0.2) is 0 Å². The molecule has 0 bridgehead atoms. The van der Waals surface area contributed by atoms with Gasteiger partial charge in [0.2, 0.25) is 0 Å². The normalized spacial score (nSPS) is 9.18. The lowest BCUT2D eigenvalue weighted by Gasteiger charge is -2.03. The number of carbonyl (C=O) groups is 3. The minimum atomic E-state index is 0.213. The quantitative estimate of drug-likeness (QED) is 0.741. The van der Waals surface area contributed by atoms with E-state index in [-0.39, 0.29) is 5.78 Å². The van der Waals surface area contributed by atoms with Gasteiger partial charge in [0.25, 0.3) is 0 Å². The summed E-state index contributed by atoms with van der Waals surface area (Å²) in [6.07, 6.45) is 1.34. The molecule has 92 valence electrons. The third-order valence-electron chi connectivity index (χ3n) is 1.79. The number of hydrogen-bond acceptors (Lipinski definition) is 4. The van der Waals surface area contributed by atoms with Gasteiger partial charge in [-0.1, -0.05) is 24.3 Å². The van der Waals surface area contributed by atoms with Gasteiger partial charge in [0.05, 0.1) is 6.54 Å². The van der Waals surface area contributed by atoms with Crippen LogP contribution < -0.4 is 0 Å². The first-order chi connectivity index (χ1) is 8.01. The zero-order valence-electron chi connectivity index (χ0n) is 10.3. The Labute approximate surface area is 101 Å². The Morgan fingerprint density at radius 3 is 1.71 bits per heavy atom. The highest BCUT2D eigenvalue weighted by Gasteiger charge is 1.95. The maximum absolute atomic E-state index is 10.2. The molecule has 0 saturated heterocycles. The third-order valence-corrected chi connectivity index (χ3v) is 1.79. The van der Waals surface area contributed by atoms with Crippen LogP contribution in [0.4, 0.5) is 0 Å². The molecule has 0 spiro atoms. The zero-order valence-corrected chi connectivity index (χ0v) is 10.3. The van der Waals surface area contributed by atoms with E-state index < -0.39 is 0 Å². The number of benzene rings is 1. The minimum absolute atomic E-state index is 0.213. The topological polar surface area (TPSA) is 54.5 Å². The van der Waals surface area contributed by atoms with E-state index in [4.69, 9.17) is 0 Å². The zero-order chi connectivity index (χ0) is 13.3. The Kier molecular flexibility index (Phi) is 7.46. The van der Waals surface area contributed by atoms with Crippen LogP contribution in [0.5, 0.6) is 0 Å². The highest BCUT2D eigenvalue weighted by atomic mass is 16.1. The van der Waals surface area contributed by atoms with Gasteiger partial charge in [-0.3, -0.25) is 14.4 Å². The molecule has 0 radical (unpaired) electrons. The standard InChI is InChI=1S/C8H6O2.C5H11NO/c9-5-7-3-1-2-4-8(7)6-10;1-5(7)4-6(2)3/h1-6H;4H2,1-3H3. The van der Waals surface area contributed by atoms with Crippen molar-refractivity contribution in [1.29, 1.82) is 0 Å². The number of hydrogen-bond donors (Lipinski definition) is 0. The van der Waals surface area contributed by atoms with Gasteiger partial charge in [-0.15, -0.1) is 0 Å². The molecule has 0 aliphatic carbocycles. The highest BCUT2D eigenvalue weighted by molar-refractivity contribution is 5.89. The third kappa shape index (κ3) is 7.14. The lowest BCUT2D eigenvalue weighted by atomic mass is 10.1. The first-order valence-electron chi connectivity index (χ1n) is 5.14. The fourth-order valence-electron chi connectivity index (χ4n) is 1.17. The van der Waals surface area contributed by atoms with Crippen LogP contribution in [0.3, 0.4) is 0 Å². The molecule has 4 nitrogen and oxygen atoms in total. The molecule has 0 unspecified atom stereocenters. The summed E-state index contributed by atoms with van der Waals surface area (Å²) < 4.78 is 0. The summed E-state index contributed by atoms with van der Waals surface area (Å²) in [6.45, 7) is 2.14. The summed E-state index contributed by atoms with van der Waals surface area (Å²) in [6, 6.07) is 6.65. The van der Waals surface area contributed by atoms with Crippen molar-refractivity contribution in [2.24, 2.45) is 0 Å². The van der Waals surface area contributed by atoms with Crippen LogP contribution in [0, 0.1) is 0 Å². The Bertz CT molecular complexity index is 359. The van der Waals surface area contributed by atoms with Crippen molar-refractivity contribution >= 4 is 18.4 Å². The molecule has 0 heterocycles. The molecular formula is C13H17NO3. The van der Waals surface area contributed by atoms with Crippen molar-refractivity contribution < 1.29 is 14.4 Å². The van der Waals surface area contributed by atoms with Crippen LogP contribution in [0.15, 0.2) is 24.3 Å². The average Bonchev–Trinajstić information content (AvgIpc) is 2.28. The molecular weight excluding hydrogens is 218 g/mol. The van der Waals surface area contributed by atoms with Crippen LogP contribution >= 0.6 is 0 Å². The molecule has 0 aromatic heterocycles. The SMILES string of the molecule is CC(=O)CN(C)C.O=Cc1ccccc1C=O. The Balaban J connectivity index is 0.000000325. The Morgan fingerprint density at radius 2 is 1.53 bits per heavy atom. The van der Waals surface area contributed by atoms with Crippen molar-refractivity contribution in [2.75, 3.05) is 20.6 Å². The molecule has 0 aliphatic heterocycles. The molecule has 1 aromatic rings. The lowest BCUT2D eigenvalue weighted by Crippen LogP contribution is -2.18. The number of ketones is 1. The van der Waals surface area contributed by atoms with Crippen molar-refractivity contribution in [3.05, 3.63) is 35.4 Å². The molecule has 4 heteroatoms. The van der Waals surface area contributed by atoms with E-state index in [1.807, 2.05) is 19.0 Å². The first kappa shape index (κ1) is 15.2. The van der Waals surface area contributed by atoms with Crippen LogP contribution in [-0.2, 0) is 4.79 Å². The molecule has 0 saturated carbocycles. The maximum atomic E-state index is 10.2. The monoisotopic (exact) mass is 235 g/mol. The van der Waals surface area contributed by atoms with Gasteiger partial charge >= 0.3 is 0 Å². The van der Waals surface area contributed by atoms with E-state index in [1.54, 1.807) is 31.2 Å². The predicted molar refractivity (Wildman–Crippen MR) is 66.5 cm³/mol. The number of carbonyl (C=O) groups excluding carboxylic acids is 3. The smallest absolute Gasteiger partial charge is 0.150 e. The maximum Gasteiger partial charge on any atom is 0.150 e. The summed E-state index contributed by atoms with van der Waals surface area (Å²) in [5, 5.41) is 0. The molecule has 1 aromatic carbocycles. The van der Waals surface area contributed by atoms with Crippen molar-refractivity contribution in [3.63, 3.8) is 0 Å². The summed E-state index contributed by atoms with van der Waals surface area (Å²) >= 11 is 0. The second-order valence-corrected chi connectivity index (χ2v) is 3.80. The van der Waals surface area contributed by atoms with Crippen LogP contribution in [-0.4, -0.2) is 43.9 Å². The lowest BCUT2D eigenvalue weighted by molar-refractivity contribution is -0.117. The van der Waals surface area contributed by atoms with E-state index in [1.165, 1.54) is 0 Å². The van der Waals surface area contributed by atoms with Gasteiger partial charge in [-0.05, 0) is 21.0 Å². The molecule has 17 heavy (non-hydrogen) atoms. The van der Waals surface area contributed by atoms with Crippen molar-refractivity contribution in [3.8, 4) is 0 Å². The van der Waals surface area contributed by atoms with E-state index in [0.717, 1.165) is 0 Å². The van der Waals surface area contributed by atoms with E-state index >= 15 is 0 Å². The number of rotatable bonds is 4. The molecule has 0 aliphatic rings. The van der Waals surface area contributed by atoms with Crippen molar-refractivity contribution in [1.82, 2.24) is 4.90 Å². The van der Waals surface area contributed by atoms with E-state index in [2.05, 4.69) is 0 Å². The van der Waals surface area contributed by atoms with Gasteiger partial charge in [-0.2, -0.15) is 0 Å². The van der Waals surface area contributed by atoms with Gasteiger partial charge in [0.15, 0.2) is 12.6 Å². The fourth-order valence-corrected chi connectivity index (χ4v) is 1.17. The van der Waals surface area contributed by atoms with Gasteiger partial charge < -0.3 is 4.90 Å². The number of likely N-dealkylation sites (N-methyl/N-ethyl adjacent to an activating group) is 1. The molecule has 0 N–H and O–H groups in total. The molecule has 0 atom stereocenters. The molecule has 1 rings (SSSR count). The van der Waals surface area contributed by atoms with Crippen LogP contribution in [0.2, 0.25) is 0 Å². The Hall–Kier alpha value is -1.81. The van der Waals surface area contributed by atoms with Crippen molar-refractivity contribution in [2.45, 2.75) is 6.92 Å². The summed E-state index contributed by atoms with van der Waals surface area (Å²) in [7, 11) is 3.75. The minimum Gasteiger partial charge on any atom is -0.302 e. The van der Waals surface area contributed by atoms with E-state index in [9.17, 15) is 14.4 Å². The Morgan fingerprint density at radius 1 is 1.12 bits per heavy atom. The second-order valence-electron chi connectivity index (χ2n) is 3.80.